The summed E-state index contributed by atoms with van der Waals surface area (Å²) in [5.74, 6) is -0.611. The zero-order valence-electron chi connectivity index (χ0n) is 14.9. The average molecular weight is 372 g/mol. The highest BCUT2D eigenvalue weighted by molar-refractivity contribution is 7.89. The van der Waals surface area contributed by atoms with E-state index in [0.717, 1.165) is 12.1 Å². The molecule has 6 nitrogen and oxygen atoms in total. The lowest BCUT2D eigenvalue weighted by atomic mass is 9.96. The smallest absolute Gasteiger partial charge is 0.246 e. The first-order valence-corrected chi connectivity index (χ1v) is 9.91. The van der Waals surface area contributed by atoms with Crippen LogP contribution >= 0.6 is 0 Å². The van der Waals surface area contributed by atoms with E-state index in [0.29, 0.717) is 25.9 Å². The highest BCUT2D eigenvalue weighted by Crippen LogP contribution is 2.30. The van der Waals surface area contributed by atoms with Crippen LogP contribution in [-0.2, 0) is 14.8 Å². The van der Waals surface area contributed by atoms with E-state index in [2.05, 4.69) is 0 Å². The molecule has 1 aliphatic rings. The van der Waals surface area contributed by atoms with Gasteiger partial charge in [0.25, 0.3) is 0 Å². The molecule has 2 rings (SSSR count). The Morgan fingerprint density at radius 1 is 1.28 bits per heavy atom. The predicted octanol–water partition coefficient (Wildman–Crippen LogP) is 2.10. The number of sulfonamides is 1. The van der Waals surface area contributed by atoms with Gasteiger partial charge in [-0.25, -0.2) is 12.8 Å². The summed E-state index contributed by atoms with van der Waals surface area (Å²) in [4.78, 5) is 14.0. The van der Waals surface area contributed by atoms with Crippen LogP contribution < -0.4 is 4.74 Å². The summed E-state index contributed by atoms with van der Waals surface area (Å²) in [6.45, 7) is 5.62. The summed E-state index contributed by atoms with van der Waals surface area (Å²) in [5.41, 5.74) is 0. The van der Waals surface area contributed by atoms with Crippen LogP contribution in [-0.4, -0.2) is 56.8 Å². The monoisotopic (exact) mass is 372 g/mol. The van der Waals surface area contributed by atoms with Gasteiger partial charge in [-0.3, -0.25) is 4.79 Å². The van der Waals surface area contributed by atoms with E-state index < -0.39 is 15.8 Å². The number of methoxy groups -OCH3 is 1. The van der Waals surface area contributed by atoms with E-state index in [1.807, 2.05) is 13.8 Å². The Morgan fingerprint density at radius 3 is 2.40 bits per heavy atom. The minimum absolute atomic E-state index is 0.0744. The molecule has 0 spiro atoms. The van der Waals surface area contributed by atoms with Crippen molar-refractivity contribution in [3.05, 3.63) is 24.0 Å². The number of nitrogens with zero attached hydrogens (tertiary/aromatic N) is 2. The van der Waals surface area contributed by atoms with Gasteiger partial charge in [0.2, 0.25) is 15.9 Å². The van der Waals surface area contributed by atoms with Gasteiger partial charge in [0.1, 0.15) is 16.5 Å². The van der Waals surface area contributed by atoms with Crippen LogP contribution in [0.4, 0.5) is 4.39 Å². The van der Waals surface area contributed by atoms with Gasteiger partial charge in [-0.1, -0.05) is 0 Å². The quantitative estimate of drug-likeness (QED) is 0.767. The highest BCUT2D eigenvalue weighted by Gasteiger charge is 2.34. The molecule has 140 valence electrons. The third kappa shape index (κ3) is 4.12. The third-order valence-corrected chi connectivity index (χ3v) is 6.54. The van der Waals surface area contributed by atoms with Crippen molar-refractivity contribution in [1.29, 1.82) is 0 Å². The van der Waals surface area contributed by atoms with Crippen molar-refractivity contribution in [2.24, 2.45) is 5.92 Å². The van der Waals surface area contributed by atoms with Crippen LogP contribution in [0.2, 0.25) is 0 Å². The summed E-state index contributed by atoms with van der Waals surface area (Å²) >= 11 is 0. The first kappa shape index (κ1) is 19.7. The molecule has 8 heteroatoms. The molecule has 0 saturated carbocycles. The van der Waals surface area contributed by atoms with Crippen LogP contribution in [0, 0.1) is 11.7 Å². The Labute approximate surface area is 148 Å². The van der Waals surface area contributed by atoms with E-state index in [9.17, 15) is 17.6 Å². The molecule has 0 bridgehead atoms. The zero-order valence-corrected chi connectivity index (χ0v) is 15.7. The largest absolute Gasteiger partial charge is 0.495 e. The van der Waals surface area contributed by atoms with Gasteiger partial charge >= 0.3 is 0 Å². The topological polar surface area (TPSA) is 66.9 Å². The molecule has 0 unspecified atom stereocenters. The number of amides is 1. The van der Waals surface area contributed by atoms with E-state index in [1.54, 1.807) is 4.90 Å². The molecule has 0 aliphatic carbocycles. The molecule has 1 fully saturated rings. The number of carbonyl (C=O) groups is 1. The third-order valence-electron chi connectivity index (χ3n) is 4.62. The first-order chi connectivity index (χ1) is 11.8. The number of halogens is 1. The number of benzene rings is 1. The van der Waals surface area contributed by atoms with Gasteiger partial charge < -0.3 is 9.64 Å². The maximum atomic E-state index is 13.5. The number of rotatable bonds is 6. The van der Waals surface area contributed by atoms with E-state index >= 15 is 0 Å². The standard InChI is InChI=1S/C17H25FN2O4S/c1-4-19(5-2)17(21)13-8-10-20(11-9-13)25(22,23)16-12-14(18)6-7-15(16)24-3/h6-7,12-13H,4-5,8-11H2,1-3H3. The Hall–Kier alpha value is -1.67. The van der Waals surface area contributed by atoms with Gasteiger partial charge in [0.05, 0.1) is 7.11 Å². The SMILES string of the molecule is CCN(CC)C(=O)C1CCN(S(=O)(=O)c2cc(F)ccc2OC)CC1. The molecule has 1 aromatic rings. The lowest BCUT2D eigenvalue weighted by Crippen LogP contribution is -2.44. The second-order valence-electron chi connectivity index (χ2n) is 5.98. The second-order valence-corrected chi connectivity index (χ2v) is 7.89. The average Bonchev–Trinajstić information content (AvgIpc) is 2.62. The van der Waals surface area contributed by atoms with Crippen molar-refractivity contribution in [3.8, 4) is 5.75 Å². The summed E-state index contributed by atoms with van der Waals surface area (Å²) in [6, 6.07) is 3.44. The van der Waals surface area contributed by atoms with E-state index in [4.69, 9.17) is 4.74 Å². The van der Waals surface area contributed by atoms with Crippen LogP contribution in [0.5, 0.6) is 5.75 Å². The van der Waals surface area contributed by atoms with Gasteiger partial charge in [0.15, 0.2) is 0 Å². The molecule has 1 amide bonds. The van der Waals surface area contributed by atoms with Gasteiger partial charge in [-0.05, 0) is 44.9 Å². The molecule has 25 heavy (non-hydrogen) atoms. The van der Waals surface area contributed by atoms with Crippen molar-refractivity contribution in [2.75, 3.05) is 33.3 Å². The summed E-state index contributed by atoms with van der Waals surface area (Å²) in [7, 11) is -2.52. The van der Waals surface area contributed by atoms with Crippen LogP contribution in [0.25, 0.3) is 0 Å². The molecule has 1 aliphatic heterocycles. The van der Waals surface area contributed by atoms with Crippen molar-refractivity contribution < 1.29 is 22.3 Å². The van der Waals surface area contributed by atoms with Gasteiger partial charge in [-0.15, -0.1) is 0 Å². The number of carbonyl (C=O) groups excluding carboxylic acids is 1. The Kier molecular flexibility index (Phi) is 6.40. The van der Waals surface area contributed by atoms with Crippen molar-refractivity contribution in [1.82, 2.24) is 9.21 Å². The van der Waals surface area contributed by atoms with Crippen molar-refractivity contribution in [2.45, 2.75) is 31.6 Å². The minimum Gasteiger partial charge on any atom is -0.495 e. The van der Waals surface area contributed by atoms with Gasteiger partial charge in [0, 0.05) is 32.1 Å². The van der Waals surface area contributed by atoms with E-state index in [1.165, 1.54) is 17.5 Å². The first-order valence-electron chi connectivity index (χ1n) is 8.47. The number of hydrogen-bond acceptors (Lipinski definition) is 4. The Bertz CT molecular complexity index is 711. The maximum absolute atomic E-state index is 13.5. The molecule has 1 aromatic carbocycles. The number of ether oxygens (including phenoxy) is 1. The second kappa shape index (κ2) is 8.14. The van der Waals surface area contributed by atoms with Crippen molar-refractivity contribution in [3.63, 3.8) is 0 Å². The minimum atomic E-state index is -3.86. The van der Waals surface area contributed by atoms with Crippen molar-refractivity contribution >= 4 is 15.9 Å². The molecule has 0 radical (unpaired) electrons. The van der Waals surface area contributed by atoms with Gasteiger partial charge in [-0.2, -0.15) is 4.31 Å². The lowest BCUT2D eigenvalue weighted by Gasteiger charge is -2.33. The van der Waals surface area contributed by atoms with Crippen LogP contribution in [0.3, 0.4) is 0 Å². The molecule has 1 heterocycles. The molecule has 1 saturated heterocycles. The fourth-order valence-electron chi connectivity index (χ4n) is 3.13. The van der Waals surface area contributed by atoms with Crippen LogP contribution in [0.1, 0.15) is 26.7 Å². The Morgan fingerprint density at radius 2 is 1.88 bits per heavy atom. The summed E-state index contributed by atoms with van der Waals surface area (Å²) < 4.78 is 45.5. The van der Waals surface area contributed by atoms with Crippen LogP contribution in [0.15, 0.2) is 23.1 Å². The normalized spacial score (nSPS) is 16.6. The zero-order chi connectivity index (χ0) is 18.6. The van der Waals surface area contributed by atoms with E-state index in [-0.39, 0.29) is 35.6 Å². The number of hydrogen-bond donors (Lipinski definition) is 0. The summed E-state index contributed by atoms with van der Waals surface area (Å²) in [5, 5.41) is 0. The molecular formula is C17H25FN2O4S. The molecular weight excluding hydrogens is 347 g/mol. The Balaban J connectivity index is 2.14. The summed E-state index contributed by atoms with van der Waals surface area (Å²) in [6.07, 6.45) is 0.929. The number of piperidine rings is 1. The maximum Gasteiger partial charge on any atom is 0.246 e. The lowest BCUT2D eigenvalue weighted by molar-refractivity contribution is -0.136. The fraction of sp³-hybridized carbons (Fsp3) is 0.588. The molecule has 0 N–H and O–H groups in total. The highest BCUT2D eigenvalue weighted by atomic mass is 32.2. The fourth-order valence-corrected chi connectivity index (χ4v) is 4.76. The molecule has 0 atom stereocenters. The molecule has 0 aromatic heterocycles. The predicted molar refractivity (Wildman–Crippen MR) is 92.4 cm³/mol.